The molecule has 0 aliphatic carbocycles. The number of aliphatic carboxylic acids is 1. The fraction of sp³-hybridized carbons (Fsp3) is 0.438. The monoisotopic (exact) mass is 370 g/mol. The number of hydrogen-bond donors (Lipinski definition) is 3. The fourth-order valence-corrected chi connectivity index (χ4v) is 3.77. The van der Waals surface area contributed by atoms with Gasteiger partial charge in [0.2, 0.25) is 11.8 Å². The van der Waals surface area contributed by atoms with Crippen LogP contribution in [-0.2, 0) is 14.4 Å². The van der Waals surface area contributed by atoms with Gasteiger partial charge in [0.25, 0.3) is 0 Å². The van der Waals surface area contributed by atoms with Crippen LogP contribution in [-0.4, -0.2) is 33.7 Å². The Morgan fingerprint density at radius 3 is 2.79 bits per heavy atom. The van der Waals surface area contributed by atoms with E-state index < -0.39 is 22.7 Å². The van der Waals surface area contributed by atoms with E-state index >= 15 is 0 Å². The average molecular weight is 371 g/mol. The maximum atomic E-state index is 12.2. The number of rotatable bonds is 6. The molecule has 1 aliphatic heterocycles. The van der Waals surface area contributed by atoms with Gasteiger partial charge in [0.1, 0.15) is 5.54 Å². The number of anilines is 1. The van der Waals surface area contributed by atoms with Crippen molar-refractivity contribution in [2.75, 3.05) is 5.32 Å². The Kier molecular flexibility index (Phi) is 5.77. The molecular formula is C16H19ClN2O4S. The van der Waals surface area contributed by atoms with Gasteiger partial charge < -0.3 is 15.7 Å². The van der Waals surface area contributed by atoms with Gasteiger partial charge in [-0.1, -0.05) is 24.9 Å². The lowest BCUT2D eigenvalue weighted by atomic mass is 9.96. The number of hydrogen-bond acceptors (Lipinski definition) is 4. The summed E-state index contributed by atoms with van der Waals surface area (Å²) >= 11 is 7.17. The molecule has 1 aliphatic rings. The molecule has 8 heteroatoms. The van der Waals surface area contributed by atoms with E-state index in [1.807, 2.05) is 6.92 Å². The number of carbonyl (C=O) groups excluding carboxylic acids is 2. The highest BCUT2D eigenvalue weighted by Crippen LogP contribution is 2.38. The van der Waals surface area contributed by atoms with Crippen LogP contribution in [0.4, 0.5) is 5.69 Å². The minimum Gasteiger partial charge on any atom is -0.480 e. The summed E-state index contributed by atoms with van der Waals surface area (Å²) < 4.78 is 0. The fourth-order valence-electron chi connectivity index (χ4n) is 2.51. The number of carboxylic acid groups (broad SMARTS) is 1. The number of amides is 2. The van der Waals surface area contributed by atoms with Crippen molar-refractivity contribution < 1.29 is 19.5 Å². The maximum absolute atomic E-state index is 12.2. The number of carboxylic acids is 1. The van der Waals surface area contributed by atoms with E-state index in [0.717, 1.165) is 4.90 Å². The Balaban J connectivity index is 2.05. The van der Waals surface area contributed by atoms with E-state index in [9.17, 15) is 19.5 Å². The molecule has 2 amide bonds. The molecule has 0 saturated carbocycles. The molecule has 0 saturated heterocycles. The predicted molar refractivity (Wildman–Crippen MR) is 93.4 cm³/mol. The van der Waals surface area contributed by atoms with Crippen LogP contribution in [0.25, 0.3) is 0 Å². The molecule has 0 aromatic heterocycles. The van der Waals surface area contributed by atoms with Crippen LogP contribution < -0.4 is 10.6 Å². The van der Waals surface area contributed by atoms with Crippen LogP contribution in [0.5, 0.6) is 0 Å². The van der Waals surface area contributed by atoms with Gasteiger partial charge in [-0.3, -0.25) is 9.59 Å². The number of fused-ring (bicyclic) bond motifs is 1. The van der Waals surface area contributed by atoms with E-state index in [-0.39, 0.29) is 12.3 Å². The Morgan fingerprint density at radius 2 is 2.17 bits per heavy atom. The van der Waals surface area contributed by atoms with Gasteiger partial charge in [-0.15, -0.1) is 11.8 Å². The summed E-state index contributed by atoms with van der Waals surface area (Å²) in [6, 6.07) is 5.15. The first kappa shape index (κ1) is 18.6. The largest absolute Gasteiger partial charge is 0.480 e. The van der Waals surface area contributed by atoms with Gasteiger partial charge >= 0.3 is 5.97 Å². The minimum absolute atomic E-state index is 0.0921. The second-order valence-electron chi connectivity index (χ2n) is 5.88. The lowest BCUT2D eigenvalue weighted by Crippen LogP contribution is -2.53. The average Bonchev–Trinajstić information content (AvgIpc) is 2.48. The zero-order chi connectivity index (χ0) is 17.9. The first-order valence-corrected chi connectivity index (χ1v) is 8.82. The Bertz CT molecular complexity index is 682. The van der Waals surface area contributed by atoms with Gasteiger partial charge in [0, 0.05) is 16.3 Å². The van der Waals surface area contributed by atoms with Crippen molar-refractivity contribution in [3.05, 3.63) is 23.2 Å². The van der Waals surface area contributed by atoms with E-state index in [2.05, 4.69) is 10.6 Å². The number of halogens is 1. The van der Waals surface area contributed by atoms with Gasteiger partial charge in [0.15, 0.2) is 0 Å². The molecule has 0 spiro atoms. The van der Waals surface area contributed by atoms with Gasteiger partial charge in [0.05, 0.1) is 10.9 Å². The Labute approximate surface area is 149 Å². The summed E-state index contributed by atoms with van der Waals surface area (Å²) in [5.41, 5.74) is -0.705. The number of nitrogens with one attached hydrogen (secondary N) is 2. The Morgan fingerprint density at radius 1 is 1.46 bits per heavy atom. The van der Waals surface area contributed by atoms with Crippen molar-refractivity contribution in [2.45, 2.75) is 48.8 Å². The second kappa shape index (κ2) is 7.44. The first-order valence-electron chi connectivity index (χ1n) is 7.56. The lowest BCUT2D eigenvalue weighted by Gasteiger charge is -2.28. The third-order valence-electron chi connectivity index (χ3n) is 3.77. The summed E-state index contributed by atoms with van der Waals surface area (Å²) in [5, 5.41) is 14.5. The highest BCUT2D eigenvalue weighted by atomic mass is 35.5. The number of thioether (sulfide) groups is 1. The van der Waals surface area contributed by atoms with Crippen molar-refractivity contribution in [3.8, 4) is 0 Å². The van der Waals surface area contributed by atoms with Gasteiger partial charge in [-0.05, 0) is 31.5 Å². The highest BCUT2D eigenvalue weighted by Gasteiger charge is 2.36. The topological polar surface area (TPSA) is 95.5 Å². The minimum atomic E-state index is -1.33. The zero-order valence-corrected chi connectivity index (χ0v) is 15.0. The van der Waals surface area contributed by atoms with Crippen molar-refractivity contribution in [1.82, 2.24) is 5.32 Å². The van der Waals surface area contributed by atoms with Crippen molar-refractivity contribution in [3.63, 3.8) is 0 Å². The van der Waals surface area contributed by atoms with Crippen LogP contribution in [0.15, 0.2) is 23.1 Å². The first-order chi connectivity index (χ1) is 11.2. The van der Waals surface area contributed by atoms with E-state index in [1.54, 1.807) is 18.2 Å². The van der Waals surface area contributed by atoms with Crippen LogP contribution >= 0.6 is 23.4 Å². The van der Waals surface area contributed by atoms with Gasteiger partial charge in [-0.2, -0.15) is 0 Å². The van der Waals surface area contributed by atoms with E-state index in [4.69, 9.17) is 11.6 Å². The SMILES string of the molecule is CCCC(C)(NC(=O)CC1Sc2ccc(Cl)cc2NC1=O)C(=O)O. The second-order valence-corrected chi connectivity index (χ2v) is 7.56. The number of carbonyl (C=O) groups is 3. The third-order valence-corrected chi connectivity index (χ3v) is 5.28. The molecule has 1 aromatic carbocycles. The zero-order valence-electron chi connectivity index (χ0n) is 13.4. The van der Waals surface area contributed by atoms with Crippen molar-refractivity contribution in [2.24, 2.45) is 0 Å². The summed E-state index contributed by atoms with van der Waals surface area (Å²) in [5.74, 6) is -1.84. The molecule has 2 rings (SSSR count). The maximum Gasteiger partial charge on any atom is 0.329 e. The van der Waals surface area contributed by atoms with Crippen molar-refractivity contribution >= 4 is 46.8 Å². The molecule has 1 heterocycles. The third kappa shape index (κ3) is 4.21. The molecule has 2 unspecified atom stereocenters. The highest BCUT2D eigenvalue weighted by molar-refractivity contribution is 8.01. The van der Waals surface area contributed by atoms with Crippen molar-refractivity contribution in [1.29, 1.82) is 0 Å². The van der Waals surface area contributed by atoms with Crippen LogP contribution in [0, 0.1) is 0 Å². The lowest BCUT2D eigenvalue weighted by molar-refractivity contribution is -0.147. The van der Waals surface area contributed by atoms with Crippen LogP contribution in [0.2, 0.25) is 5.02 Å². The Hall–Kier alpha value is -1.73. The molecule has 6 nitrogen and oxygen atoms in total. The van der Waals surface area contributed by atoms with E-state index in [1.165, 1.54) is 18.7 Å². The van der Waals surface area contributed by atoms with Crippen LogP contribution in [0.3, 0.4) is 0 Å². The molecule has 0 fully saturated rings. The molecule has 3 N–H and O–H groups in total. The standard InChI is InChI=1S/C16H19ClN2O4S/c1-3-6-16(2,15(22)23)19-13(20)8-12-14(21)18-10-7-9(17)4-5-11(10)24-12/h4-5,7,12H,3,6,8H2,1-2H3,(H,18,21)(H,19,20)(H,22,23). The molecule has 24 heavy (non-hydrogen) atoms. The predicted octanol–water partition coefficient (Wildman–Crippen LogP) is 2.90. The molecule has 0 bridgehead atoms. The quantitative estimate of drug-likeness (QED) is 0.715. The molecule has 130 valence electrons. The summed E-state index contributed by atoms with van der Waals surface area (Å²) in [7, 11) is 0. The molecule has 2 atom stereocenters. The van der Waals surface area contributed by atoms with E-state index in [0.29, 0.717) is 23.6 Å². The van der Waals surface area contributed by atoms with Gasteiger partial charge in [-0.25, -0.2) is 4.79 Å². The summed E-state index contributed by atoms with van der Waals surface area (Å²) in [6.45, 7) is 3.32. The molecule has 0 radical (unpaired) electrons. The number of benzene rings is 1. The summed E-state index contributed by atoms with van der Waals surface area (Å²) in [4.78, 5) is 36.6. The summed E-state index contributed by atoms with van der Waals surface area (Å²) in [6.07, 6.45) is 0.848. The molecule has 1 aromatic rings. The van der Waals surface area contributed by atoms with Crippen LogP contribution in [0.1, 0.15) is 33.1 Å². The smallest absolute Gasteiger partial charge is 0.329 e. The molecular weight excluding hydrogens is 352 g/mol. The normalized spacial score (nSPS) is 19.0.